The maximum atomic E-state index is 14.4. The molecule has 8 heteroatoms. The molecule has 1 aliphatic heterocycles. The average molecular weight is 555 g/mol. The molecule has 0 bridgehead atoms. The van der Waals surface area contributed by atoms with E-state index in [-0.39, 0.29) is 25.2 Å². The number of para-hydroxylation sites is 1. The highest BCUT2D eigenvalue weighted by Crippen LogP contribution is 2.38. The number of hydrogen-bond donors (Lipinski definition) is 3. The van der Waals surface area contributed by atoms with Crippen molar-refractivity contribution in [3.8, 4) is 5.75 Å². The van der Waals surface area contributed by atoms with Gasteiger partial charge in [0.25, 0.3) is 0 Å². The zero-order valence-corrected chi connectivity index (χ0v) is 22.3. The number of benzene rings is 4. The van der Waals surface area contributed by atoms with Crippen LogP contribution in [-0.4, -0.2) is 33.7 Å². The number of rotatable bonds is 10. The van der Waals surface area contributed by atoms with Gasteiger partial charge in [-0.3, -0.25) is 4.79 Å². The molecular weight excluding hydrogens is 523 g/mol. The van der Waals surface area contributed by atoms with Crippen molar-refractivity contribution < 1.29 is 28.9 Å². The number of aliphatic hydroxyl groups excluding tert-OH is 1. The van der Waals surface area contributed by atoms with Crippen LogP contribution in [0.5, 0.6) is 5.75 Å². The third kappa shape index (κ3) is 6.56. The maximum Gasteiger partial charge on any atom is 0.417 e. The van der Waals surface area contributed by atoms with Gasteiger partial charge in [0.2, 0.25) is 5.91 Å². The summed E-state index contributed by atoms with van der Waals surface area (Å²) in [6.07, 6.45) is -1.32. The highest BCUT2D eigenvalue weighted by Gasteiger charge is 2.44. The lowest BCUT2D eigenvalue weighted by Gasteiger charge is -2.32. The molecule has 4 aromatic rings. The zero-order valence-electron chi connectivity index (χ0n) is 22.3. The summed E-state index contributed by atoms with van der Waals surface area (Å²) in [6, 6.07) is 29.5. The van der Waals surface area contributed by atoms with Crippen LogP contribution < -0.4 is 5.32 Å². The van der Waals surface area contributed by atoms with Crippen LogP contribution in [0.15, 0.2) is 109 Å². The predicted molar refractivity (Wildman–Crippen MR) is 152 cm³/mol. The van der Waals surface area contributed by atoms with Crippen LogP contribution in [0.3, 0.4) is 0 Å². The van der Waals surface area contributed by atoms with E-state index in [2.05, 4.69) is 5.32 Å². The number of phenols is 1. The maximum absolute atomic E-state index is 14.4. The fraction of sp³-hybridized carbons (Fsp3) is 0.212. The number of halogens is 1. The number of nitrogens with one attached hydrogen (secondary N) is 1. The Bertz CT molecular complexity index is 1450. The first-order chi connectivity index (χ1) is 19.9. The molecule has 0 saturated carbocycles. The van der Waals surface area contributed by atoms with Crippen LogP contribution in [0, 0.1) is 11.7 Å². The molecule has 3 N–H and O–H groups in total. The van der Waals surface area contributed by atoms with Gasteiger partial charge in [0.15, 0.2) is 0 Å². The lowest BCUT2D eigenvalue weighted by Crippen LogP contribution is -2.42. The highest BCUT2D eigenvalue weighted by atomic mass is 19.1. The van der Waals surface area contributed by atoms with Gasteiger partial charge in [-0.25, -0.2) is 14.1 Å². The van der Waals surface area contributed by atoms with E-state index in [4.69, 9.17) is 4.74 Å². The first-order valence-corrected chi connectivity index (χ1v) is 13.5. The van der Waals surface area contributed by atoms with Gasteiger partial charge in [-0.1, -0.05) is 72.8 Å². The summed E-state index contributed by atoms with van der Waals surface area (Å²) < 4.78 is 18.8. The Balaban J connectivity index is 1.52. The second-order valence-electron chi connectivity index (χ2n) is 10.0. The van der Waals surface area contributed by atoms with E-state index in [9.17, 15) is 24.2 Å². The number of phenolic OH excluding ortho intramolecular Hbond substituents is 1. The summed E-state index contributed by atoms with van der Waals surface area (Å²) >= 11 is 0. The topological polar surface area (TPSA) is 99.1 Å². The standard InChI is InChI=1S/C33H31FN2O5/c34-25-15-11-23(12-16-25)30(38)20-19-28(32(39)36-29(21-41-33(36)40)22-7-3-1-4-8-22)31(24-13-17-27(37)18-14-24)35-26-9-5-2-6-10-26/h1-18,28-31,35,37-38H,19-21H2/t28-,29-,30+,31-/m1/s1. The van der Waals surface area contributed by atoms with Crippen molar-refractivity contribution in [2.75, 3.05) is 11.9 Å². The van der Waals surface area contributed by atoms with Gasteiger partial charge in [0.05, 0.1) is 18.1 Å². The van der Waals surface area contributed by atoms with E-state index >= 15 is 0 Å². The molecular formula is C33H31FN2O5. The Morgan fingerprint density at radius 2 is 1.49 bits per heavy atom. The van der Waals surface area contributed by atoms with Crippen LogP contribution in [0.1, 0.15) is 47.7 Å². The van der Waals surface area contributed by atoms with Crippen molar-refractivity contribution in [2.45, 2.75) is 31.0 Å². The number of aliphatic hydroxyl groups is 1. The monoisotopic (exact) mass is 554 g/mol. The van der Waals surface area contributed by atoms with Crippen molar-refractivity contribution in [1.29, 1.82) is 0 Å². The van der Waals surface area contributed by atoms with E-state index < -0.39 is 41.9 Å². The van der Waals surface area contributed by atoms with Crippen molar-refractivity contribution in [3.05, 3.63) is 132 Å². The first-order valence-electron chi connectivity index (χ1n) is 13.5. The van der Waals surface area contributed by atoms with E-state index in [0.717, 1.165) is 11.3 Å². The van der Waals surface area contributed by atoms with Crippen LogP contribution >= 0.6 is 0 Å². The third-order valence-corrected chi connectivity index (χ3v) is 7.37. The molecule has 1 heterocycles. The molecule has 0 unspecified atom stereocenters. The number of nitrogens with zero attached hydrogens (tertiary/aromatic N) is 1. The molecule has 2 amide bonds. The second kappa shape index (κ2) is 12.7. The van der Waals surface area contributed by atoms with E-state index in [1.807, 2.05) is 60.7 Å². The molecule has 0 aliphatic carbocycles. The number of ether oxygens (including phenoxy) is 1. The molecule has 4 aromatic carbocycles. The summed E-state index contributed by atoms with van der Waals surface area (Å²) in [5.41, 5.74) is 2.77. The zero-order chi connectivity index (χ0) is 28.8. The Hall–Kier alpha value is -4.69. The molecule has 0 spiro atoms. The van der Waals surface area contributed by atoms with E-state index in [1.54, 1.807) is 24.3 Å². The molecule has 1 fully saturated rings. The van der Waals surface area contributed by atoms with Crippen molar-refractivity contribution in [3.63, 3.8) is 0 Å². The Labute approximate surface area is 237 Å². The van der Waals surface area contributed by atoms with Gasteiger partial charge in [0, 0.05) is 5.69 Å². The quantitative estimate of drug-likeness (QED) is 0.206. The number of carbonyl (C=O) groups is 2. The number of aromatic hydroxyl groups is 1. The summed E-state index contributed by atoms with van der Waals surface area (Å²) in [7, 11) is 0. The fourth-order valence-electron chi connectivity index (χ4n) is 5.20. The summed E-state index contributed by atoms with van der Waals surface area (Å²) in [5, 5.41) is 24.4. The number of amides is 2. The second-order valence-corrected chi connectivity index (χ2v) is 10.0. The van der Waals surface area contributed by atoms with Crippen molar-refractivity contribution in [2.24, 2.45) is 5.92 Å². The van der Waals surface area contributed by atoms with Crippen LogP contribution in [-0.2, 0) is 9.53 Å². The minimum Gasteiger partial charge on any atom is -0.508 e. The molecule has 0 radical (unpaired) electrons. The summed E-state index contributed by atoms with van der Waals surface area (Å²) in [4.78, 5) is 28.6. The van der Waals surface area contributed by atoms with Gasteiger partial charge in [-0.15, -0.1) is 0 Å². The van der Waals surface area contributed by atoms with Crippen LogP contribution in [0.25, 0.3) is 0 Å². The normalized spacial score (nSPS) is 17.0. The van der Waals surface area contributed by atoms with Crippen molar-refractivity contribution in [1.82, 2.24) is 4.90 Å². The first kappa shape index (κ1) is 27.9. The Morgan fingerprint density at radius 3 is 2.15 bits per heavy atom. The number of carbonyl (C=O) groups excluding carboxylic acids is 2. The van der Waals surface area contributed by atoms with E-state index in [0.29, 0.717) is 11.1 Å². The van der Waals surface area contributed by atoms with Crippen LogP contribution in [0.4, 0.5) is 14.9 Å². The molecule has 41 heavy (non-hydrogen) atoms. The van der Waals surface area contributed by atoms with Crippen LogP contribution in [0.2, 0.25) is 0 Å². The lowest BCUT2D eigenvalue weighted by molar-refractivity contribution is -0.134. The average Bonchev–Trinajstić information content (AvgIpc) is 3.39. The molecule has 1 aliphatic rings. The number of imide groups is 1. The molecule has 210 valence electrons. The number of anilines is 1. The van der Waals surface area contributed by atoms with Crippen molar-refractivity contribution >= 4 is 17.7 Å². The largest absolute Gasteiger partial charge is 0.508 e. The highest BCUT2D eigenvalue weighted by molar-refractivity contribution is 5.95. The number of hydrogen-bond acceptors (Lipinski definition) is 6. The third-order valence-electron chi connectivity index (χ3n) is 7.37. The van der Waals surface area contributed by atoms with E-state index in [1.165, 1.54) is 29.2 Å². The van der Waals surface area contributed by atoms with Gasteiger partial charge in [-0.05, 0) is 65.9 Å². The summed E-state index contributed by atoms with van der Waals surface area (Å²) in [5.74, 6) is -1.61. The Kier molecular flexibility index (Phi) is 8.60. The lowest BCUT2D eigenvalue weighted by atomic mass is 9.85. The smallest absolute Gasteiger partial charge is 0.417 e. The predicted octanol–water partition coefficient (Wildman–Crippen LogP) is 6.53. The Morgan fingerprint density at radius 1 is 0.878 bits per heavy atom. The van der Waals surface area contributed by atoms with Gasteiger partial charge in [0.1, 0.15) is 24.2 Å². The molecule has 5 rings (SSSR count). The van der Waals surface area contributed by atoms with Gasteiger partial charge in [-0.2, -0.15) is 0 Å². The summed E-state index contributed by atoms with van der Waals surface area (Å²) in [6.45, 7) is 0.0372. The van der Waals surface area contributed by atoms with Gasteiger partial charge >= 0.3 is 6.09 Å². The molecule has 1 saturated heterocycles. The minimum atomic E-state index is -0.960. The number of cyclic esters (lactones) is 1. The fourth-order valence-corrected chi connectivity index (χ4v) is 5.20. The minimum absolute atomic E-state index is 0.0372. The van der Waals surface area contributed by atoms with Gasteiger partial charge < -0.3 is 20.3 Å². The molecule has 4 atom stereocenters. The SMILES string of the molecule is O=C1OC[C@H](c2ccccc2)N1C(=O)[C@H](CC[C@H](O)c1ccc(F)cc1)[C@H](Nc1ccccc1)c1ccc(O)cc1. The molecule has 0 aromatic heterocycles. The molecule has 7 nitrogen and oxygen atoms in total.